The number of hydrogen-bond acceptors (Lipinski definition) is 2. The second kappa shape index (κ2) is 4.52. The molecule has 1 aromatic carbocycles. The summed E-state index contributed by atoms with van der Waals surface area (Å²) in [5.41, 5.74) is 2.00. The van der Waals surface area contributed by atoms with Crippen LogP contribution >= 0.6 is 11.6 Å². The third-order valence-electron chi connectivity index (χ3n) is 4.26. The molecule has 1 aromatic rings. The Hall–Kier alpha value is -0.570. The number of aliphatic hydroxyl groups is 1. The van der Waals surface area contributed by atoms with Gasteiger partial charge in [0.05, 0.1) is 5.60 Å². The van der Waals surface area contributed by atoms with Crippen LogP contribution < -0.4 is 0 Å². The van der Waals surface area contributed by atoms with Gasteiger partial charge in [0.1, 0.15) is 0 Å². The molecule has 3 heteroatoms. The molecule has 1 N–H and O–H groups in total. The van der Waals surface area contributed by atoms with Gasteiger partial charge in [0, 0.05) is 18.0 Å². The molecule has 1 aliphatic carbocycles. The smallest absolute Gasteiger partial charge is 0.0690 e. The van der Waals surface area contributed by atoms with Gasteiger partial charge in [0.15, 0.2) is 0 Å². The lowest BCUT2D eigenvalue weighted by Crippen LogP contribution is -2.13. The first-order valence-corrected chi connectivity index (χ1v) is 7.13. The maximum Gasteiger partial charge on any atom is 0.0690 e. The van der Waals surface area contributed by atoms with Crippen LogP contribution in [0.4, 0.5) is 0 Å². The molecule has 2 nitrogen and oxygen atoms in total. The molecular formula is C15H20ClNO. The molecule has 0 bridgehead atoms. The highest BCUT2D eigenvalue weighted by Crippen LogP contribution is 2.39. The zero-order valence-electron chi connectivity index (χ0n) is 10.8. The van der Waals surface area contributed by atoms with Gasteiger partial charge in [-0.1, -0.05) is 23.7 Å². The van der Waals surface area contributed by atoms with Gasteiger partial charge in [-0.2, -0.15) is 0 Å². The van der Waals surface area contributed by atoms with E-state index < -0.39 is 5.60 Å². The van der Waals surface area contributed by atoms with Crippen molar-refractivity contribution in [3.8, 4) is 0 Å². The summed E-state index contributed by atoms with van der Waals surface area (Å²) in [6.07, 6.45) is 3.80. The summed E-state index contributed by atoms with van der Waals surface area (Å²) in [5.74, 6) is 0.570. The fraction of sp³-hybridized carbons (Fsp3) is 0.600. The van der Waals surface area contributed by atoms with Gasteiger partial charge < -0.3 is 10.0 Å². The van der Waals surface area contributed by atoms with Crippen molar-refractivity contribution in [2.45, 2.75) is 37.2 Å². The number of benzene rings is 1. The van der Waals surface area contributed by atoms with Crippen molar-refractivity contribution in [1.29, 1.82) is 0 Å². The molecule has 2 fully saturated rings. The molecular weight excluding hydrogens is 246 g/mol. The highest BCUT2D eigenvalue weighted by atomic mass is 35.5. The van der Waals surface area contributed by atoms with Crippen LogP contribution in [0.3, 0.4) is 0 Å². The predicted octanol–water partition coefficient (Wildman–Crippen LogP) is 2.83. The summed E-state index contributed by atoms with van der Waals surface area (Å²) in [5, 5.41) is 10.8. The summed E-state index contributed by atoms with van der Waals surface area (Å²) in [4.78, 5) is 2.35. The van der Waals surface area contributed by atoms with E-state index in [0.717, 1.165) is 42.9 Å². The fourth-order valence-corrected chi connectivity index (χ4v) is 3.26. The molecule has 1 aliphatic heterocycles. The average molecular weight is 266 g/mol. The zero-order chi connectivity index (χ0) is 12.8. The van der Waals surface area contributed by atoms with E-state index in [2.05, 4.69) is 24.1 Å². The summed E-state index contributed by atoms with van der Waals surface area (Å²) >= 11 is 6.41. The molecule has 1 saturated carbocycles. The van der Waals surface area contributed by atoms with Gasteiger partial charge in [0.2, 0.25) is 0 Å². The number of hydrogen-bond donors (Lipinski definition) is 1. The second-order valence-electron chi connectivity index (χ2n) is 6.00. The molecule has 1 saturated heterocycles. The average Bonchev–Trinajstić information content (AvgIpc) is 2.86. The van der Waals surface area contributed by atoms with E-state index in [1.165, 1.54) is 12.0 Å². The minimum Gasteiger partial charge on any atom is -0.390 e. The van der Waals surface area contributed by atoms with Crippen LogP contribution in [-0.2, 0) is 6.42 Å². The van der Waals surface area contributed by atoms with Crippen molar-refractivity contribution in [2.24, 2.45) is 0 Å². The maximum atomic E-state index is 9.94. The third-order valence-corrected chi connectivity index (χ3v) is 4.58. The summed E-state index contributed by atoms with van der Waals surface area (Å²) in [6.45, 7) is 2.26. The Bertz CT molecular complexity index is 456. The van der Waals surface area contributed by atoms with Crippen molar-refractivity contribution >= 4 is 11.6 Å². The van der Waals surface area contributed by atoms with Crippen molar-refractivity contribution in [3.05, 3.63) is 34.3 Å². The van der Waals surface area contributed by atoms with Gasteiger partial charge in [-0.3, -0.25) is 0 Å². The lowest BCUT2D eigenvalue weighted by atomic mass is 9.95. The highest BCUT2D eigenvalue weighted by molar-refractivity contribution is 6.31. The minimum atomic E-state index is -0.432. The highest BCUT2D eigenvalue weighted by Gasteiger charge is 2.40. The fourth-order valence-electron chi connectivity index (χ4n) is 2.90. The van der Waals surface area contributed by atoms with Crippen molar-refractivity contribution < 1.29 is 5.11 Å². The minimum absolute atomic E-state index is 0.432. The summed E-state index contributed by atoms with van der Waals surface area (Å²) in [7, 11) is 2.16. The van der Waals surface area contributed by atoms with Crippen molar-refractivity contribution in [2.75, 3.05) is 20.1 Å². The van der Waals surface area contributed by atoms with E-state index in [1.807, 2.05) is 6.07 Å². The zero-order valence-corrected chi connectivity index (χ0v) is 11.6. The predicted molar refractivity (Wildman–Crippen MR) is 74.2 cm³/mol. The number of rotatable bonds is 3. The molecule has 0 radical (unpaired) electrons. The Balaban J connectivity index is 1.76. The summed E-state index contributed by atoms with van der Waals surface area (Å²) in [6, 6.07) is 6.34. The molecule has 18 heavy (non-hydrogen) atoms. The Kier molecular flexibility index (Phi) is 3.13. The van der Waals surface area contributed by atoms with Crippen LogP contribution in [0.1, 0.15) is 36.3 Å². The monoisotopic (exact) mass is 265 g/mol. The van der Waals surface area contributed by atoms with Gasteiger partial charge >= 0.3 is 0 Å². The first-order valence-electron chi connectivity index (χ1n) is 6.75. The Morgan fingerprint density at radius 2 is 2.22 bits per heavy atom. The number of halogens is 1. The van der Waals surface area contributed by atoms with Crippen LogP contribution in [0.25, 0.3) is 0 Å². The molecule has 3 rings (SSSR count). The number of likely N-dealkylation sites (tertiary alicyclic amines) is 1. The molecule has 1 heterocycles. The third kappa shape index (κ3) is 2.56. The van der Waals surface area contributed by atoms with E-state index in [9.17, 15) is 5.11 Å². The Morgan fingerprint density at radius 1 is 1.44 bits per heavy atom. The van der Waals surface area contributed by atoms with Gasteiger partial charge in [-0.15, -0.1) is 0 Å². The Morgan fingerprint density at radius 3 is 2.78 bits per heavy atom. The maximum absolute atomic E-state index is 9.94. The topological polar surface area (TPSA) is 23.5 Å². The van der Waals surface area contributed by atoms with Gasteiger partial charge in [0.25, 0.3) is 0 Å². The molecule has 0 aromatic heterocycles. The molecule has 98 valence electrons. The second-order valence-corrected chi connectivity index (χ2v) is 6.41. The lowest BCUT2D eigenvalue weighted by molar-refractivity contribution is 0.151. The van der Waals surface area contributed by atoms with Crippen LogP contribution in [0.2, 0.25) is 5.02 Å². The molecule has 2 aliphatic rings. The first kappa shape index (κ1) is 12.5. The van der Waals surface area contributed by atoms with E-state index in [4.69, 9.17) is 11.6 Å². The number of nitrogens with zero attached hydrogens (tertiary/aromatic N) is 1. The van der Waals surface area contributed by atoms with E-state index in [1.54, 1.807) is 0 Å². The number of likely N-dealkylation sites (N-methyl/N-ethyl adjacent to an activating group) is 1. The summed E-state index contributed by atoms with van der Waals surface area (Å²) < 4.78 is 0. The van der Waals surface area contributed by atoms with E-state index in [-0.39, 0.29) is 0 Å². The van der Waals surface area contributed by atoms with E-state index >= 15 is 0 Å². The van der Waals surface area contributed by atoms with Crippen LogP contribution in [0.15, 0.2) is 18.2 Å². The molecule has 0 spiro atoms. The molecule has 1 unspecified atom stereocenters. The van der Waals surface area contributed by atoms with E-state index in [0.29, 0.717) is 5.92 Å². The lowest BCUT2D eigenvalue weighted by Gasteiger charge is -2.15. The Labute approximate surface area is 114 Å². The van der Waals surface area contributed by atoms with Crippen molar-refractivity contribution in [1.82, 2.24) is 4.90 Å². The first-order chi connectivity index (χ1) is 8.56. The normalized spacial score (nSPS) is 26.5. The van der Waals surface area contributed by atoms with Gasteiger partial charge in [-0.05, 0) is 56.0 Å². The van der Waals surface area contributed by atoms with Crippen LogP contribution in [0, 0.1) is 0 Å². The van der Waals surface area contributed by atoms with Crippen LogP contribution in [-0.4, -0.2) is 35.7 Å². The standard InChI is InChI=1S/C15H20ClNO/c1-17-7-4-12(10-17)13-3-2-11(8-14(13)16)9-15(18)5-6-15/h2-3,8,12,18H,4-7,9-10H2,1H3. The largest absolute Gasteiger partial charge is 0.390 e. The molecule has 1 atom stereocenters. The van der Waals surface area contributed by atoms with Crippen molar-refractivity contribution in [3.63, 3.8) is 0 Å². The van der Waals surface area contributed by atoms with Crippen LogP contribution in [0.5, 0.6) is 0 Å². The molecule has 0 amide bonds. The quantitative estimate of drug-likeness (QED) is 0.909. The van der Waals surface area contributed by atoms with Gasteiger partial charge in [-0.25, -0.2) is 0 Å². The SMILES string of the molecule is CN1CCC(c2ccc(CC3(O)CC3)cc2Cl)C1.